The predicted molar refractivity (Wildman–Crippen MR) is 73.7 cm³/mol. The maximum absolute atomic E-state index is 11.8. The molecule has 0 aliphatic carbocycles. The van der Waals surface area contributed by atoms with E-state index in [1.165, 1.54) is 16.7 Å². The van der Waals surface area contributed by atoms with Crippen LogP contribution < -0.4 is 5.32 Å². The molecule has 0 amide bonds. The Labute approximate surface area is 106 Å². The predicted octanol–water partition coefficient (Wildman–Crippen LogP) is 2.48. The van der Waals surface area contributed by atoms with Gasteiger partial charge in [-0.15, -0.1) is 0 Å². The zero-order valence-corrected chi connectivity index (χ0v) is 11.6. The van der Waals surface area contributed by atoms with Gasteiger partial charge in [0.1, 0.15) is 0 Å². The van der Waals surface area contributed by atoms with Gasteiger partial charge in [0, 0.05) is 34.4 Å². The fourth-order valence-corrected chi connectivity index (χ4v) is 3.67. The monoisotopic (exact) mass is 251 g/mol. The lowest BCUT2D eigenvalue weighted by molar-refractivity contribution is 0.484. The minimum atomic E-state index is -0.683. The molecule has 1 fully saturated rings. The Balaban J connectivity index is 2.24. The van der Waals surface area contributed by atoms with Gasteiger partial charge in [-0.1, -0.05) is 18.2 Å². The van der Waals surface area contributed by atoms with Crippen LogP contribution in [-0.4, -0.2) is 21.8 Å². The number of nitrogens with one attached hydrogen (secondary N) is 1. The van der Waals surface area contributed by atoms with Crippen LogP contribution in [0.5, 0.6) is 0 Å². The number of hydrogen-bond donors (Lipinski definition) is 1. The Morgan fingerprint density at radius 1 is 1.29 bits per heavy atom. The molecule has 1 heterocycles. The molecule has 0 radical (unpaired) electrons. The molecule has 0 spiro atoms. The van der Waals surface area contributed by atoms with E-state index in [2.05, 4.69) is 44.3 Å². The molecule has 3 heteroatoms. The molecular formula is C14H21NOS. The molecule has 1 N–H and O–H groups in total. The van der Waals surface area contributed by atoms with Gasteiger partial charge in [-0.2, -0.15) is 0 Å². The third kappa shape index (κ3) is 3.17. The van der Waals surface area contributed by atoms with Gasteiger partial charge < -0.3 is 5.32 Å². The van der Waals surface area contributed by atoms with Crippen molar-refractivity contribution in [1.29, 1.82) is 0 Å². The van der Waals surface area contributed by atoms with Crippen molar-refractivity contribution in [3.05, 3.63) is 34.9 Å². The summed E-state index contributed by atoms with van der Waals surface area (Å²) in [6.07, 6.45) is 1.01. The van der Waals surface area contributed by atoms with Crippen LogP contribution in [0.25, 0.3) is 0 Å². The summed E-state index contributed by atoms with van der Waals surface area (Å²) in [4.78, 5) is 0. The lowest BCUT2D eigenvalue weighted by Crippen LogP contribution is -2.30. The zero-order valence-electron chi connectivity index (χ0n) is 10.8. The Morgan fingerprint density at radius 2 is 2.06 bits per heavy atom. The largest absolute Gasteiger partial charge is 0.307 e. The van der Waals surface area contributed by atoms with Crippen LogP contribution >= 0.6 is 0 Å². The molecule has 2 rings (SSSR count). The highest BCUT2D eigenvalue weighted by molar-refractivity contribution is 7.85. The summed E-state index contributed by atoms with van der Waals surface area (Å²) < 4.78 is 11.8. The lowest BCUT2D eigenvalue weighted by atomic mass is 10.0. The maximum atomic E-state index is 11.8. The SMILES string of the molecule is Cc1ccc(C2CS(=O)CCC(C)N2)cc1C. The molecule has 94 valence electrons. The Bertz CT molecular complexity index is 430. The molecule has 0 saturated carbocycles. The summed E-state index contributed by atoms with van der Waals surface area (Å²) >= 11 is 0. The van der Waals surface area contributed by atoms with Crippen molar-refractivity contribution in [3.8, 4) is 0 Å². The zero-order chi connectivity index (χ0) is 12.4. The highest BCUT2D eigenvalue weighted by Gasteiger charge is 2.21. The van der Waals surface area contributed by atoms with E-state index in [1.807, 2.05) is 0 Å². The van der Waals surface area contributed by atoms with E-state index in [0.717, 1.165) is 17.9 Å². The summed E-state index contributed by atoms with van der Waals surface area (Å²) in [7, 11) is -0.683. The topological polar surface area (TPSA) is 29.1 Å². The first-order chi connectivity index (χ1) is 8.06. The second-order valence-electron chi connectivity index (χ2n) is 5.06. The van der Waals surface area contributed by atoms with E-state index in [-0.39, 0.29) is 6.04 Å². The first-order valence-electron chi connectivity index (χ1n) is 6.24. The highest BCUT2D eigenvalue weighted by Crippen LogP contribution is 2.21. The maximum Gasteiger partial charge on any atom is 0.0438 e. The van der Waals surface area contributed by atoms with Gasteiger partial charge >= 0.3 is 0 Å². The van der Waals surface area contributed by atoms with Crippen LogP contribution in [0.4, 0.5) is 0 Å². The molecule has 3 atom stereocenters. The second-order valence-corrected chi connectivity index (χ2v) is 6.68. The average Bonchev–Trinajstić information content (AvgIpc) is 2.45. The van der Waals surface area contributed by atoms with Crippen LogP contribution in [0, 0.1) is 13.8 Å². The Hall–Kier alpha value is -0.670. The fourth-order valence-electron chi connectivity index (χ4n) is 2.23. The normalized spacial score (nSPS) is 29.9. The van der Waals surface area contributed by atoms with Crippen molar-refractivity contribution in [2.75, 3.05) is 11.5 Å². The fraction of sp³-hybridized carbons (Fsp3) is 0.571. The van der Waals surface area contributed by atoms with Gasteiger partial charge in [0.2, 0.25) is 0 Å². The van der Waals surface area contributed by atoms with E-state index >= 15 is 0 Å². The molecule has 1 aromatic carbocycles. The molecule has 3 unspecified atom stereocenters. The van der Waals surface area contributed by atoms with E-state index in [4.69, 9.17) is 0 Å². The second kappa shape index (κ2) is 5.32. The number of benzene rings is 1. The van der Waals surface area contributed by atoms with Gasteiger partial charge in [0.05, 0.1) is 0 Å². The van der Waals surface area contributed by atoms with Crippen molar-refractivity contribution in [3.63, 3.8) is 0 Å². The van der Waals surface area contributed by atoms with E-state index < -0.39 is 10.8 Å². The first kappa shape index (κ1) is 12.8. The van der Waals surface area contributed by atoms with Crippen LogP contribution in [0.3, 0.4) is 0 Å². The molecule has 1 saturated heterocycles. The standard InChI is InChI=1S/C14H21NOS/c1-10-4-5-13(8-11(10)2)14-9-17(16)7-6-12(3)15-14/h4-5,8,12,14-15H,6-7,9H2,1-3H3. The van der Waals surface area contributed by atoms with Crippen molar-refractivity contribution < 1.29 is 4.21 Å². The molecule has 17 heavy (non-hydrogen) atoms. The molecule has 0 aromatic heterocycles. The van der Waals surface area contributed by atoms with Crippen molar-refractivity contribution in [2.24, 2.45) is 0 Å². The number of rotatable bonds is 1. The minimum Gasteiger partial charge on any atom is -0.307 e. The Kier molecular flexibility index (Phi) is 4.00. The molecule has 0 bridgehead atoms. The van der Waals surface area contributed by atoms with Gasteiger partial charge in [-0.05, 0) is 43.9 Å². The third-order valence-electron chi connectivity index (χ3n) is 3.55. The smallest absolute Gasteiger partial charge is 0.0438 e. The number of aryl methyl sites for hydroxylation is 2. The molecule has 1 aliphatic rings. The van der Waals surface area contributed by atoms with Crippen LogP contribution in [-0.2, 0) is 10.8 Å². The van der Waals surface area contributed by atoms with Crippen molar-refractivity contribution in [2.45, 2.75) is 39.3 Å². The van der Waals surface area contributed by atoms with Crippen LogP contribution in [0.1, 0.15) is 36.1 Å². The van der Waals surface area contributed by atoms with E-state index in [9.17, 15) is 4.21 Å². The van der Waals surface area contributed by atoms with Gasteiger partial charge in [-0.25, -0.2) is 0 Å². The summed E-state index contributed by atoms with van der Waals surface area (Å²) in [6, 6.07) is 7.24. The number of hydrogen-bond acceptors (Lipinski definition) is 2. The highest BCUT2D eigenvalue weighted by atomic mass is 32.2. The third-order valence-corrected chi connectivity index (χ3v) is 4.95. The molecule has 1 aliphatic heterocycles. The van der Waals surface area contributed by atoms with Gasteiger partial charge in [-0.3, -0.25) is 4.21 Å². The molecular weight excluding hydrogens is 230 g/mol. The summed E-state index contributed by atoms with van der Waals surface area (Å²) in [6.45, 7) is 6.44. The van der Waals surface area contributed by atoms with Crippen LogP contribution in [0.15, 0.2) is 18.2 Å². The van der Waals surface area contributed by atoms with Gasteiger partial charge in [0.15, 0.2) is 0 Å². The van der Waals surface area contributed by atoms with Crippen molar-refractivity contribution in [1.82, 2.24) is 5.32 Å². The van der Waals surface area contributed by atoms with Crippen molar-refractivity contribution >= 4 is 10.8 Å². The average molecular weight is 251 g/mol. The molecule has 1 aromatic rings. The minimum absolute atomic E-state index is 0.243. The van der Waals surface area contributed by atoms with Gasteiger partial charge in [0.25, 0.3) is 0 Å². The Morgan fingerprint density at radius 3 is 2.76 bits per heavy atom. The van der Waals surface area contributed by atoms with E-state index in [0.29, 0.717) is 6.04 Å². The lowest BCUT2D eigenvalue weighted by Gasteiger charge is -2.20. The first-order valence-corrected chi connectivity index (χ1v) is 7.73. The molecule has 2 nitrogen and oxygen atoms in total. The quantitative estimate of drug-likeness (QED) is 0.831. The van der Waals surface area contributed by atoms with E-state index in [1.54, 1.807) is 0 Å². The van der Waals surface area contributed by atoms with Crippen LogP contribution in [0.2, 0.25) is 0 Å². The summed E-state index contributed by atoms with van der Waals surface area (Å²) in [5.74, 6) is 1.57. The summed E-state index contributed by atoms with van der Waals surface area (Å²) in [5.41, 5.74) is 3.90. The summed E-state index contributed by atoms with van der Waals surface area (Å²) in [5, 5.41) is 3.58.